The smallest absolute Gasteiger partial charge is 0.220 e. The van der Waals surface area contributed by atoms with Crippen LogP contribution >= 0.6 is 0 Å². The highest BCUT2D eigenvalue weighted by Gasteiger charge is 2.30. The summed E-state index contributed by atoms with van der Waals surface area (Å²) < 4.78 is 0. The van der Waals surface area contributed by atoms with E-state index in [0.29, 0.717) is 18.9 Å². The van der Waals surface area contributed by atoms with Crippen LogP contribution in [0.25, 0.3) is 0 Å². The number of hydrogen-bond donors (Lipinski definition) is 5. The van der Waals surface area contributed by atoms with Crippen LogP contribution in [0.2, 0.25) is 0 Å². The van der Waals surface area contributed by atoms with Gasteiger partial charge in [0.2, 0.25) is 5.91 Å². The maximum Gasteiger partial charge on any atom is 0.220 e. The summed E-state index contributed by atoms with van der Waals surface area (Å²) in [4.78, 5) is 11.9. The fraction of sp³-hybridized carbons (Fsp3) is 0.929. The highest BCUT2D eigenvalue weighted by Crippen LogP contribution is 2.32. The first-order valence-electron chi connectivity index (χ1n) is 7.08. The quantitative estimate of drug-likeness (QED) is 0.396. The summed E-state index contributed by atoms with van der Waals surface area (Å²) in [7, 11) is 0. The maximum absolute atomic E-state index is 11.9. The summed E-state index contributed by atoms with van der Waals surface area (Å²) in [6.45, 7) is 5.42. The van der Waals surface area contributed by atoms with Crippen molar-refractivity contribution in [1.82, 2.24) is 5.32 Å². The Bertz CT molecular complexity index is 277. The number of carbonyl (C=O) groups excluding carboxylic acids is 1. The second-order valence-corrected chi connectivity index (χ2v) is 6.48. The van der Waals surface area contributed by atoms with E-state index in [1.165, 1.54) is 0 Å². The lowest BCUT2D eigenvalue weighted by Crippen LogP contribution is -2.57. The molecule has 0 spiro atoms. The molecule has 120 valence electrons. The number of rotatable bonds is 9. The van der Waals surface area contributed by atoms with Crippen LogP contribution in [0.5, 0.6) is 0 Å². The lowest BCUT2D eigenvalue weighted by Gasteiger charge is -2.32. The van der Waals surface area contributed by atoms with Gasteiger partial charge in [0, 0.05) is 6.42 Å². The van der Waals surface area contributed by atoms with Crippen molar-refractivity contribution in [2.24, 2.45) is 17.1 Å². The average molecular weight is 290 g/mol. The van der Waals surface area contributed by atoms with Crippen LogP contribution in [0.3, 0.4) is 0 Å². The molecule has 1 atom stereocenters. The van der Waals surface area contributed by atoms with Crippen LogP contribution in [-0.4, -0.2) is 53.1 Å². The lowest BCUT2D eigenvalue weighted by atomic mass is 9.76. The first-order valence-corrected chi connectivity index (χ1v) is 7.08. The van der Waals surface area contributed by atoms with Gasteiger partial charge in [-0.1, -0.05) is 20.8 Å². The van der Waals surface area contributed by atoms with Gasteiger partial charge in [-0.25, -0.2) is 0 Å². The van der Waals surface area contributed by atoms with E-state index in [9.17, 15) is 4.79 Å². The number of aliphatic hydroxyl groups excluding tert-OH is 3. The van der Waals surface area contributed by atoms with Gasteiger partial charge in [-0.2, -0.15) is 0 Å². The summed E-state index contributed by atoms with van der Waals surface area (Å²) in [5, 5.41) is 30.0. The van der Waals surface area contributed by atoms with Crippen molar-refractivity contribution in [3.63, 3.8) is 0 Å². The number of hydrogen-bond acceptors (Lipinski definition) is 5. The summed E-state index contributed by atoms with van der Waals surface area (Å²) in [5.74, 6) is 0.0402. The van der Waals surface area contributed by atoms with Gasteiger partial charge in [-0.3, -0.25) is 4.79 Å². The van der Waals surface area contributed by atoms with Gasteiger partial charge in [0.1, 0.15) is 5.54 Å². The van der Waals surface area contributed by atoms with Gasteiger partial charge in [0.05, 0.1) is 19.8 Å². The normalized spacial score (nSPS) is 14.2. The summed E-state index contributed by atoms with van der Waals surface area (Å²) in [6.07, 6.45) is 1.82. The molecule has 20 heavy (non-hydrogen) atoms. The van der Waals surface area contributed by atoms with Gasteiger partial charge >= 0.3 is 0 Å². The Hall–Kier alpha value is -0.690. The lowest BCUT2D eigenvalue weighted by molar-refractivity contribution is -0.125. The molecule has 0 aromatic heterocycles. The zero-order valence-corrected chi connectivity index (χ0v) is 12.9. The highest BCUT2D eigenvalue weighted by atomic mass is 16.3. The van der Waals surface area contributed by atoms with Crippen molar-refractivity contribution < 1.29 is 20.1 Å². The number of amides is 1. The van der Waals surface area contributed by atoms with Crippen LogP contribution in [0, 0.1) is 11.3 Å². The Morgan fingerprint density at radius 2 is 1.60 bits per heavy atom. The molecule has 6 nitrogen and oxygen atoms in total. The zero-order chi connectivity index (χ0) is 15.8. The summed E-state index contributed by atoms with van der Waals surface area (Å²) in [6, 6.07) is 0. The third kappa shape index (κ3) is 6.17. The molecule has 0 aromatic carbocycles. The molecular weight excluding hydrogens is 260 g/mol. The van der Waals surface area contributed by atoms with Crippen LogP contribution in [0.15, 0.2) is 0 Å². The van der Waals surface area contributed by atoms with E-state index in [1.54, 1.807) is 0 Å². The average Bonchev–Trinajstić information content (AvgIpc) is 2.39. The molecular formula is C14H30N2O4. The SMILES string of the molecule is CC(C)(C)C(CCN)CCC(=O)NC(CO)(CO)CO. The molecule has 0 radical (unpaired) electrons. The molecule has 0 heterocycles. The van der Waals surface area contributed by atoms with Crippen LogP contribution in [-0.2, 0) is 4.79 Å². The molecule has 0 bridgehead atoms. The molecule has 0 aliphatic carbocycles. The maximum atomic E-state index is 11.9. The Kier molecular flexibility index (Phi) is 8.27. The minimum Gasteiger partial charge on any atom is -0.394 e. The van der Waals surface area contributed by atoms with E-state index in [1.807, 2.05) is 0 Å². The van der Waals surface area contributed by atoms with E-state index in [-0.39, 0.29) is 17.7 Å². The van der Waals surface area contributed by atoms with Crippen LogP contribution in [0.4, 0.5) is 0 Å². The molecule has 0 saturated heterocycles. The number of nitrogens with one attached hydrogen (secondary N) is 1. The van der Waals surface area contributed by atoms with Crippen LogP contribution in [0.1, 0.15) is 40.0 Å². The van der Waals surface area contributed by atoms with E-state index in [0.717, 1.165) is 6.42 Å². The molecule has 1 unspecified atom stereocenters. The Morgan fingerprint density at radius 1 is 1.10 bits per heavy atom. The molecule has 0 saturated carbocycles. The summed E-state index contributed by atoms with van der Waals surface area (Å²) >= 11 is 0. The molecule has 1 amide bonds. The summed E-state index contributed by atoms with van der Waals surface area (Å²) in [5.41, 5.74) is 4.33. The largest absolute Gasteiger partial charge is 0.394 e. The van der Waals surface area contributed by atoms with Gasteiger partial charge < -0.3 is 26.4 Å². The zero-order valence-electron chi connectivity index (χ0n) is 12.9. The Morgan fingerprint density at radius 3 is 1.95 bits per heavy atom. The number of carbonyl (C=O) groups is 1. The topological polar surface area (TPSA) is 116 Å². The van der Waals surface area contributed by atoms with E-state index in [4.69, 9.17) is 21.1 Å². The molecule has 0 aliphatic heterocycles. The first-order chi connectivity index (χ1) is 9.24. The third-order valence-electron chi connectivity index (χ3n) is 3.77. The van der Waals surface area contributed by atoms with Gasteiger partial charge in [-0.05, 0) is 30.7 Å². The fourth-order valence-electron chi connectivity index (χ4n) is 2.14. The van der Waals surface area contributed by atoms with Crippen molar-refractivity contribution >= 4 is 5.91 Å². The van der Waals surface area contributed by atoms with Crippen molar-refractivity contribution in [2.75, 3.05) is 26.4 Å². The molecule has 0 aliphatic rings. The molecule has 6 N–H and O–H groups in total. The second-order valence-electron chi connectivity index (χ2n) is 6.48. The molecule has 0 aromatic rings. The molecule has 0 fully saturated rings. The number of aliphatic hydroxyl groups is 3. The van der Waals surface area contributed by atoms with Gasteiger partial charge in [0.15, 0.2) is 0 Å². The third-order valence-corrected chi connectivity index (χ3v) is 3.77. The second kappa shape index (κ2) is 8.56. The fourth-order valence-corrected chi connectivity index (χ4v) is 2.14. The van der Waals surface area contributed by atoms with E-state index >= 15 is 0 Å². The number of nitrogens with two attached hydrogens (primary N) is 1. The van der Waals surface area contributed by atoms with Gasteiger partial charge in [-0.15, -0.1) is 0 Å². The highest BCUT2D eigenvalue weighted by molar-refractivity contribution is 5.76. The van der Waals surface area contributed by atoms with Crippen molar-refractivity contribution in [2.45, 2.75) is 45.6 Å². The van der Waals surface area contributed by atoms with Crippen molar-refractivity contribution in [3.8, 4) is 0 Å². The predicted octanol–water partition coefficient (Wildman–Crippen LogP) is -0.390. The van der Waals surface area contributed by atoms with E-state index < -0.39 is 25.4 Å². The van der Waals surface area contributed by atoms with Crippen LogP contribution < -0.4 is 11.1 Å². The van der Waals surface area contributed by atoms with Gasteiger partial charge in [0.25, 0.3) is 0 Å². The van der Waals surface area contributed by atoms with Crippen molar-refractivity contribution in [3.05, 3.63) is 0 Å². The monoisotopic (exact) mass is 290 g/mol. The Labute approximate surface area is 121 Å². The molecule has 6 heteroatoms. The first kappa shape index (κ1) is 19.3. The van der Waals surface area contributed by atoms with Crippen molar-refractivity contribution in [1.29, 1.82) is 0 Å². The minimum absolute atomic E-state index is 0.0711. The molecule has 0 rings (SSSR count). The predicted molar refractivity (Wildman–Crippen MR) is 78.0 cm³/mol. The Balaban J connectivity index is 4.46. The standard InChI is InChI=1S/C14H30N2O4/c1-13(2,3)11(6-7-15)4-5-12(20)16-14(8-17,9-18)10-19/h11,17-19H,4-10,15H2,1-3H3,(H,16,20). The van der Waals surface area contributed by atoms with E-state index in [2.05, 4.69) is 26.1 Å². The minimum atomic E-state index is -1.35.